The van der Waals surface area contributed by atoms with E-state index in [1.165, 1.54) is 5.56 Å². The van der Waals surface area contributed by atoms with Gasteiger partial charge in [-0.15, -0.1) is 5.10 Å². The van der Waals surface area contributed by atoms with E-state index >= 15 is 0 Å². The van der Waals surface area contributed by atoms with Crippen LogP contribution < -0.4 is 10.1 Å². The molecule has 0 saturated heterocycles. The zero-order valence-corrected chi connectivity index (χ0v) is 16.8. The Morgan fingerprint density at radius 3 is 2.72 bits per heavy atom. The van der Waals surface area contributed by atoms with Gasteiger partial charge in [-0.05, 0) is 37.5 Å². The van der Waals surface area contributed by atoms with Crippen molar-refractivity contribution in [3.8, 4) is 11.4 Å². The minimum atomic E-state index is -0.235. The molecule has 152 valence electrons. The van der Waals surface area contributed by atoms with Gasteiger partial charge in [0.2, 0.25) is 0 Å². The molecule has 0 spiro atoms. The summed E-state index contributed by atoms with van der Waals surface area (Å²) in [5.74, 6) is 0.483. The van der Waals surface area contributed by atoms with E-state index in [0.29, 0.717) is 31.1 Å². The summed E-state index contributed by atoms with van der Waals surface area (Å²) in [6.07, 6.45) is 1.63. The number of carbonyl (C=O) groups is 1. The Bertz CT molecular complexity index is 925. The molecule has 0 saturated carbocycles. The number of aromatic nitrogens is 3. The van der Waals surface area contributed by atoms with Crippen molar-refractivity contribution in [1.29, 1.82) is 0 Å². The van der Waals surface area contributed by atoms with Crippen molar-refractivity contribution < 1.29 is 14.3 Å². The van der Waals surface area contributed by atoms with Crippen molar-refractivity contribution in [1.82, 2.24) is 20.3 Å². The summed E-state index contributed by atoms with van der Waals surface area (Å²) in [5, 5.41) is 11.0. The van der Waals surface area contributed by atoms with Gasteiger partial charge in [-0.2, -0.15) is 0 Å². The molecule has 0 unspecified atom stereocenters. The fraction of sp³-hybridized carbons (Fsp3) is 0.318. The smallest absolute Gasteiger partial charge is 0.273 e. The van der Waals surface area contributed by atoms with Crippen molar-refractivity contribution in [3.63, 3.8) is 0 Å². The second kappa shape index (κ2) is 10.4. The van der Waals surface area contributed by atoms with Crippen molar-refractivity contribution in [2.45, 2.75) is 19.8 Å². The molecule has 0 fully saturated rings. The molecule has 7 heteroatoms. The number of hydrogen-bond acceptors (Lipinski definition) is 5. The third kappa shape index (κ3) is 5.65. The molecule has 0 atom stereocenters. The van der Waals surface area contributed by atoms with Gasteiger partial charge in [0, 0.05) is 19.2 Å². The number of amides is 1. The highest BCUT2D eigenvalue weighted by molar-refractivity contribution is 5.93. The van der Waals surface area contributed by atoms with Gasteiger partial charge in [-0.25, -0.2) is 4.68 Å². The topological polar surface area (TPSA) is 78.3 Å². The van der Waals surface area contributed by atoms with Crippen LogP contribution >= 0.6 is 0 Å². The zero-order valence-electron chi connectivity index (χ0n) is 16.8. The number of nitrogens with zero attached hydrogens (tertiary/aromatic N) is 3. The van der Waals surface area contributed by atoms with Gasteiger partial charge in [0.05, 0.1) is 25.1 Å². The minimum absolute atomic E-state index is 0.235. The highest BCUT2D eigenvalue weighted by Crippen LogP contribution is 2.18. The first-order valence-electron chi connectivity index (χ1n) is 9.65. The summed E-state index contributed by atoms with van der Waals surface area (Å²) >= 11 is 0. The number of ether oxygens (including phenoxy) is 2. The first-order chi connectivity index (χ1) is 14.2. The molecular formula is C22H26N4O3. The predicted octanol–water partition coefficient (Wildman–Crippen LogP) is 2.96. The van der Waals surface area contributed by atoms with E-state index in [1.54, 1.807) is 11.8 Å². The number of methoxy groups -OCH3 is 1. The summed E-state index contributed by atoms with van der Waals surface area (Å²) in [5.41, 5.74) is 3.04. The average Bonchev–Trinajstić information content (AvgIpc) is 3.15. The van der Waals surface area contributed by atoms with E-state index in [-0.39, 0.29) is 5.91 Å². The van der Waals surface area contributed by atoms with Crippen LogP contribution in [0.5, 0.6) is 5.75 Å². The Hall–Kier alpha value is -3.19. The molecule has 0 bridgehead atoms. The second-order valence-electron chi connectivity index (χ2n) is 6.59. The van der Waals surface area contributed by atoms with Gasteiger partial charge in [0.25, 0.3) is 5.91 Å². The molecule has 0 radical (unpaired) electrons. The lowest BCUT2D eigenvalue weighted by Gasteiger charge is -2.07. The molecule has 3 aromatic rings. The molecule has 1 amide bonds. The molecule has 1 aromatic heterocycles. The van der Waals surface area contributed by atoms with E-state index in [2.05, 4.69) is 27.8 Å². The van der Waals surface area contributed by atoms with Crippen LogP contribution in [0.2, 0.25) is 0 Å². The summed E-state index contributed by atoms with van der Waals surface area (Å²) in [6, 6.07) is 17.7. The van der Waals surface area contributed by atoms with E-state index in [9.17, 15) is 4.79 Å². The summed E-state index contributed by atoms with van der Waals surface area (Å²) in [6.45, 7) is 3.62. The lowest BCUT2D eigenvalue weighted by molar-refractivity contribution is 0.0936. The van der Waals surface area contributed by atoms with Crippen molar-refractivity contribution >= 4 is 5.91 Å². The normalized spacial score (nSPS) is 10.7. The summed E-state index contributed by atoms with van der Waals surface area (Å²) in [4.78, 5) is 12.4. The van der Waals surface area contributed by atoms with Gasteiger partial charge < -0.3 is 14.8 Å². The molecule has 29 heavy (non-hydrogen) atoms. The van der Waals surface area contributed by atoms with Crippen LogP contribution in [0.1, 0.15) is 28.2 Å². The first kappa shape index (κ1) is 20.5. The number of benzene rings is 2. The van der Waals surface area contributed by atoms with Crippen LogP contribution in [0.3, 0.4) is 0 Å². The van der Waals surface area contributed by atoms with Gasteiger partial charge in [0.15, 0.2) is 5.69 Å². The summed E-state index contributed by atoms with van der Waals surface area (Å²) < 4.78 is 12.5. The quantitative estimate of drug-likeness (QED) is 0.535. The van der Waals surface area contributed by atoms with Crippen molar-refractivity contribution in [2.24, 2.45) is 0 Å². The monoisotopic (exact) mass is 394 g/mol. The van der Waals surface area contributed by atoms with Gasteiger partial charge in [0.1, 0.15) is 5.75 Å². The Balaban J connectivity index is 1.42. The predicted molar refractivity (Wildman–Crippen MR) is 111 cm³/mol. The standard InChI is InChI=1S/C22H26N4O3/c1-17-21(24-25-26(17)19-10-6-11-20(16-19)28-2)22(27)23-13-7-14-29-15-12-18-8-4-3-5-9-18/h3-6,8-11,16H,7,12-15H2,1-2H3,(H,23,27). The Morgan fingerprint density at radius 1 is 1.10 bits per heavy atom. The van der Waals surface area contributed by atoms with Crippen LogP contribution in [0, 0.1) is 6.92 Å². The van der Waals surface area contributed by atoms with Crippen LogP contribution in [0.4, 0.5) is 0 Å². The molecule has 1 N–H and O–H groups in total. The van der Waals surface area contributed by atoms with E-state index in [4.69, 9.17) is 9.47 Å². The van der Waals surface area contributed by atoms with Crippen molar-refractivity contribution in [2.75, 3.05) is 26.9 Å². The lowest BCUT2D eigenvalue weighted by Crippen LogP contribution is -2.26. The third-order valence-electron chi connectivity index (χ3n) is 4.54. The maximum absolute atomic E-state index is 12.4. The van der Waals surface area contributed by atoms with E-state index < -0.39 is 0 Å². The molecule has 0 aliphatic rings. The van der Waals surface area contributed by atoms with E-state index in [0.717, 1.165) is 24.3 Å². The van der Waals surface area contributed by atoms with Gasteiger partial charge in [-0.1, -0.05) is 41.6 Å². The number of rotatable bonds is 10. The fourth-order valence-corrected chi connectivity index (χ4v) is 2.92. The zero-order chi connectivity index (χ0) is 20.5. The summed E-state index contributed by atoms with van der Waals surface area (Å²) in [7, 11) is 1.61. The maximum atomic E-state index is 12.4. The third-order valence-corrected chi connectivity index (χ3v) is 4.54. The molecule has 2 aromatic carbocycles. The lowest BCUT2D eigenvalue weighted by atomic mass is 10.2. The molecule has 1 heterocycles. The highest BCUT2D eigenvalue weighted by atomic mass is 16.5. The molecule has 0 aliphatic carbocycles. The van der Waals surface area contributed by atoms with Crippen molar-refractivity contribution in [3.05, 3.63) is 71.5 Å². The van der Waals surface area contributed by atoms with Crippen LogP contribution in [0.25, 0.3) is 5.69 Å². The number of nitrogens with one attached hydrogen (secondary N) is 1. The minimum Gasteiger partial charge on any atom is -0.497 e. The van der Waals surface area contributed by atoms with Gasteiger partial charge in [-0.3, -0.25) is 4.79 Å². The first-order valence-corrected chi connectivity index (χ1v) is 9.65. The Morgan fingerprint density at radius 2 is 1.93 bits per heavy atom. The highest BCUT2D eigenvalue weighted by Gasteiger charge is 2.17. The van der Waals surface area contributed by atoms with Gasteiger partial charge >= 0.3 is 0 Å². The largest absolute Gasteiger partial charge is 0.497 e. The fourth-order valence-electron chi connectivity index (χ4n) is 2.92. The van der Waals surface area contributed by atoms with E-state index in [1.807, 2.05) is 49.4 Å². The second-order valence-corrected chi connectivity index (χ2v) is 6.59. The molecular weight excluding hydrogens is 368 g/mol. The molecule has 3 rings (SSSR count). The van der Waals surface area contributed by atoms with Crippen LogP contribution in [0.15, 0.2) is 54.6 Å². The number of carbonyl (C=O) groups excluding carboxylic acids is 1. The van der Waals surface area contributed by atoms with Crippen LogP contribution in [-0.2, 0) is 11.2 Å². The SMILES string of the molecule is COc1cccc(-n2nnc(C(=O)NCCCOCCc3ccccc3)c2C)c1. The maximum Gasteiger partial charge on any atom is 0.273 e. The molecule has 0 aliphatic heterocycles. The van der Waals surface area contributed by atoms with Crippen LogP contribution in [-0.4, -0.2) is 47.8 Å². The average molecular weight is 394 g/mol. The Kier molecular flexibility index (Phi) is 7.35. The number of hydrogen-bond donors (Lipinski definition) is 1. The Labute approximate surface area is 170 Å². The molecule has 7 nitrogen and oxygen atoms in total.